The lowest BCUT2D eigenvalue weighted by atomic mass is 9.71. The van der Waals surface area contributed by atoms with Gasteiger partial charge in [-0.2, -0.15) is 0 Å². The Morgan fingerprint density at radius 2 is 1.62 bits per heavy atom. The van der Waals surface area contributed by atoms with Gasteiger partial charge in [0.2, 0.25) is 0 Å². The molecule has 1 fully saturated rings. The monoisotopic (exact) mass is 334 g/mol. The van der Waals surface area contributed by atoms with Crippen LogP contribution in [0.25, 0.3) is 0 Å². The summed E-state index contributed by atoms with van der Waals surface area (Å²) in [5, 5.41) is 5.39. The summed E-state index contributed by atoms with van der Waals surface area (Å²) in [5.41, 5.74) is 1.05. The average molecular weight is 334 g/mol. The van der Waals surface area contributed by atoms with Gasteiger partial charge in [-0.15, -0.1) is 0 Å². The molecule has 2 amide bonds. The molecule has 0 atom stereocenters. The number of nitrogens with one attached hydrogen (secondary N) is 2. The van der Waals surface area contributed by atoms with Gasteiger partial charge in [0.1, 0.15) is 5.82 Å². The number of hydrogen-bond donors (Lipinski definition) is 2. The van der Waals surface area contributed by atoms with E-state index in [0.29, 0.717) is 11.3 Å². The molecular weight excluding hydrogens is 307 g/mol. The van der Waals surface area contributed by atoms with Gasteiger partial charge in [0.05, 0.1) is 0 Å². The van der Waals surface area contributed by atoms with Crippen LogP contribution in [-0.2, 0) is 16.1 Å². The minimum absolute atomic E-state index is 0.0765. The molecule has 0 heterocycles. The highest BCUT2D eigenvalue weighted by molar-refractivity contribution is 6.35. The molecule has 1 aliphatic rings. The second-order valence-electron chi connectivity index (χ2n) is 7.70. The van der Waals surface area contributed by atoms with Gasteiger partial charge in [-0.25, -0.2) is 4.39 Å². The Balaban J connectivity index is 1.74. The fraction of sp³-hybridized carbons (Fsp3) is 0.579. The Hall–Kier alpha value is -1.91. The zero-order valence-corrected chi connectivity index (χ0v) is 14.7. The molecule has 0 spiro atoms. The zero-order valence-electron chi connectivity index (χ0n) is 14.7. The summed E-state index contributed by atoms with van der Waals surface area (Å²) < 4.78 is 12.8. The summed E-state index contributed by atoms with van der Waals surface area (Å²) in [7, 11) is 0. The van der Waals surface area contributed by atoms with Gasteiger partial charge in [-0.1, -0.05) is 32.9 Å². The maximum absolute atomic E-state index is 12.8. The molecule has 24 heavy (non-hydrogen) atoms. The lowest BCUT2D eigenvalue weighted by Gasteiger charge is -2.37. The van der Waals surface area contributed by atoms with E-state index in [2.05, 4.69) is 31.4 Å². The summed E-state index contributed by atoms with van der Waals surface area (Å²) in [6.45, 7) is 6.96. The predicted molar refractivity (Wildman–Crippen MR) is 91.6 cm³/mol. The normalized spacial score (nSPS) is 21.2. The van der Waals surface area contributed by atoms with E-state index in [1.807, 2.05) is 0 Å². The van der Waals surface area contributed by atoms with Crippen molar-refractivity contribution < 1.29 is 14.0 Å². The van der Waals surface area contributed by atoms with Crippen LogP contribution >= 0.6 is 0 Å². The van der Waals surface area contributed by atoms with E-state index < -0.39 is 11.8 Å². The van der Waals surface area contributed by atoms with Gasteiger partial charge >= 0.3 is 11.8 Å². The van der Waals surface area contributed by atoms with Gasteiger partial charge < -0.3 is 10.6 Å². The Morgan fingerprint density at radius 3 is 2.17 bits per heavy atom. The number of rotatable bonds is 3. The van der Waals surface area contributed by atoms with Crippen molar-refractivity contribution in [3.8, 4) is 0 Å². The topological polar surface area (TPSA) is 58.2 Å². The maximum Gasteiger partial charge on any atom is 0.309 e. The number of benzene rings is 1. The Labute approximate surface area is 143 Å². The fourth-order valence-corrected chi connectivity index (χ4v) is 3.22. The molecule has 0 bridgehead atoms. The summed E-state index contributed by atoms with van der Waals surface area (Å²) in [4.78, 5) is 23.9. The second kappa shape index (κ2) is 7.77. The van der Waals surface area contributed by atoms with Crippen LogP contribution in [0.5, 0.6) is 0 Å². The number of hydrogen-bond acceptors (Lipinski definition) is 2. The lowest BCUT2D eigenvalue weighted by Crippen LogP contribution is -2.46. The Morgan fingerprint density at radius 1 is 1.04 bits per heavy atom. The van der Waals surface area contributed by atoms with Crippen LogP contribution in [0.4, 0.5) is 4.39 Å². The van der Waals surface area contributed by atoms with Gasteiger partial charge in [0, 0.05) is 12.6 Å². The zero-order chi connectivity index (χ0) is 17.7. The van der Waals surface area contributed by atoms with Gasteiger partial charge in [0.25, 0.3) is 0 Å². The van der Waals surface area contributed by atoms with Crippen molar-refractivity contribution in [1.82, 2.24) is 10.6 Å². The molecule has 2 rings (SSSR count). The van der Waals surface area contributed by atoms with E-state index in [9.17, 15) is 14.0 Å². The molecule has 0 aromatic heterocycles. The van der Waals surface area contributed by atoms with E-state index in [1.165, 1.54) is 12.1 Å². The van der Waals surface area contributed by atoms with Crippen LogP contribution in [0.2, 0.25) is 0 Å². The third kappa shape index (κ3) is 5.32. The largest absolute Gasteiger partial charge is 0.345 e. The van der Waals surface area contributed by atoms with E-state index in [-0.39, 0.29) is 18.4 Å². The van der Waals surface area contributed by atoms with Crippen LogP contribution < -0.4 is 10.6 Å². The average Bonchev–Trinajstić information content (AvgIpc) is 2.53. The summed E-state index contributed by atoms with van der Waals surface area (Å²) in [5.74, 6) is -0.889. The van der Waals surface area contributed by atoms with Crippen LogP contribution in [0.3, 0.4) is 0 Å². The molecule has 1 saturated carbocycles. The van der Waals surface area contributed by atoms with Gasteiger partial charge in [-0.3, -0.25) is 9.59 Å². The number of carbonyl (C=O) groups is 2. The first kappa shape index (κ1) is 18.4. The highest BCUT2D eigenvalue weighted by atomic mass is 19.1. The highest BCUT2D eigenvalue weighted by Crippen LogP contribution is 2.37. The van der Waals surface area contributed by atoms with Crippen LogP contribution in [0, 0.1) is 17.2 Å². The molecule has 2 N–H and O–H groups in total. The first-order valence-corrected chi connectivity index (χ1v) is 8.59. The van der Waals surface area contributed by atoms with E-state index in [1.54, 1.807) is 12.1 Å². The third-order valence-corrected chi connectivity index (χ3v) is 4.86. The standard InChI is InChI=1S/C19H27FN2O2/c1-19(2,3)14-6-10-16(11-7-14)22-18(24)17(23)21-12-13-4-8-15(20)9-5-13/h4-5,8-9,14,16H,6-7,10-12H2,1-3H3,(H,21,23)(H,22,24). The summed E-state index contributed by atoms with van der Waals surface area (Å²) in [6.07, 6.45) is 3.98. The molecule has 132 valence electrons. The van der Waals surface area contributed by atoms with Crippen molar-refractivity contribution in [2.45, 2.75) is 59.0 Å². The molecule has 1 aromatic carbocycles. The first-order chi connectivity index (χ1) is 11.3. The molecule has 1 aliphatic carbocycles. The van der Waals surface area contributed by atoms with Crippen molar-refractivity contribution in [3.05, 3.63) is 35.6 Å². The van der Waals surface area contributed by atoms with Gasteiger partial charge in [-0.05, 0) is 54.7 Å². The smallest absolute Gasteiger partial charge is 0.309 e. The number of halogens is 1. The molecule has 4 nitrogen and oxygen atoms in total. The maximum atomic E-state index is 12.8. The van der Waals surface area contributed by atoms with E-state index >= 15 is 0 Å². The summed E-state index contributed by atoms with van der Waals surface area (Å²) in [6, 6.07) is 5.90. The third-order valence-electron chi connectivity index (χ3n) is 4.86. The van der Waals surface area contributed by atoms with E-state index in [4.69, 9.17) is 0 Å². The van der Waals surface area contributed by atoms with Crippen molar-refractivity contribution in [2.24, 2.45) is 11.3 Å². The minimum atomic E-state index is -0.641. The van der Waals surface area contributed by atoms with Gasteiger partial charge in [0.15, 0.2) is 0 Å². The summed E-state index contributed by atoms with van der Waals surface area (Å²) >= 11 is 0. The highest BCUT2D eigenvalue weighted by Gasteiger charge is 2.30. The molecule has 5 heteroatoms. The van der Waals surface area contributed by atoms with Crippen molar-refractivity contribution in [3.63, 3.8) is 0 Å². The first-order valence-electron chi connectivity index (χ1n) is 8.59. The number of amides is 2. The van der Waals surface area contributed by atoms with Crippen molar-refractivity contribution in [1.29, 1.82) is 0 Å². The number of carbonyl (C=O) groups excluding carboxylic acids is 2. The lowest BCUT2D eigenvalue weighted by molar-refractivity contribution is -0.139. The fourth-order valence-electron chi connectivity index (χ4n) is 3.22. The molecular formula is C19H27FN2O2. The molecule has 0 radical (unpaired) electrons. The molecule has 0 saturated heterocycles. The molecule has 1 aromatic rings. The van der Waals surface area contributed by atoms with Crippen LogP contribution in [0.1, 0.15) is 52.0 Å². The minimum Gasteiger partial charge on any atom is -0.345 e. The van der Waals surface area contributed by atoms with E-state index in [0.717, 1.165) is 31.2 Å². The van der Waals surface area contributed by atoms with Crippen LogP contribution in [0.15, 0.2) is 24.3 Å². The Kier molecular flexibility index (Phi) is 5.97. The van der Waals surface area contributed by atoms with Crippen molar-refractivity contribution in [2.75, 3.05) is 0 Å². The Bertz CT molecular complexity index is 570. The van der Waals surface area contributed by atoms with Crippen LogP contribution in [-0.4, -0.2) is 17.9 Å². The molecule has 0 aliphatic heterocycles. The quantitative estimate of drug-likeness (QED) is 0.834. The molecule has 0 unspecified atom stereocenters. The predicted octanol–water partition coefficient (Wildman–Crippen LogP) is 3.16. The second-order valence-corrected chi connectivity index (χ2v) is 7.70. The van der Waals surface area contributed by atoms with Crippen molar-refractivity contribution >= 4 is 11.8 Å². The SMILES string of the molecule is CC(C)(C)C1CCC(NC(=O)C(=O)NCc2ccc(F)cc2)CC1.